The Kier molecular flexibility index (Phi) is 6.74. The van der Waals surface area contributed by atoms with Crippen LogP contribution < -0.4 is 14.9 Å². The minimum atomic E-state index is -0.388. The summed E-state index contributed by atoms with van der Waals surface area (Å²) in [6.45, 7) is 2.63. The van der Waals surface area contributed by atoms with E-state index >= 15 is 0 Å². The fourth-order valence-corrected chi connectivity index (χ4v) is 2.62. The van der Waals surface area contributed by atoms with Gasteiger partial charge in [-0.15, -0.1) is 11.3 Å². The molecule has 24 heavy (non-hydrogen) atoms. The van der Waals surface area contributed by atoms with E-state index in [-0.39, 0.29) is 18.4 Å². The summed E-state index contributed by atoms with van der Waals surface area (Å²) in [6, 6.07) is 6.86. The maximum Gasteiger partial charge on any atom is 0.267 e. The molecule has 0 spiro atoms. The maximum atomic E-state index is 12.0. The summed E-state index contributed by atoms with van der Waals surface area (Å²) in [4.78, 5) is 28.4. The number of carbonyl (C=O) groups is 2. The zero-order valence-corrected chi connectivity index (χ0v) is 14.6. The van der Waals surface area contributed by atoms with Crippen molar-refractivity contribution < 1.29 is 14.3 Å². The third kappa shape index (κ3) is 5.34. The lowest BCUT2D eigenvalue weighted by Gasteiger charge is -2.06. The van der Waals surface area contributed by atoms with Crippen molar-refractivity contribution in [1.29, 1.82) is 0 Å². The predicted molar refractivity (Wildman–Crippen MR) is 93.0 cm³/mol. The van der Waals surface area contributed by atoms with Gasteiger partial charge in [0.05, 0.1) is 13.2 Å². The van der Waals surface area contributed by atoms with Gasteiger partial charge in [-0.25, -0.2) is 0 Å². The smallest absolute Gasteiger partial charge is 0.267 e. The largest absolute Gasteiger partial charge is 0.494 e. The van der Waals surface area contributed by atoms with Crippen LogP contribution >= 0.6 is 11.3 Å². The third-order valence-electron chi connectivity index (χ3n) is 3.26. The van der Waals surface area contributed by atoms with Crippen LogP contribution in [0.1, 0.15) is 30.1 Å². The summed E-state index contributed by atoms with van der Waals surface area (Å²) in [5.41, 5.74) is 0.479. The van der Waals surface area contributed by atoms with E-state index in [1.165, 1.54) is 11.3 Å². The first-order valence-electron chi connectivity index (χ1n) is 7.79. The monoisotopic (exact) mass is 347 g/mol. The Morgan fingerprint density at radius 2 is 2.04 bits per heavy atom. The van der Waals surface area contributed by atoms with E-state index in [9.17, 15) is 9.59 Å². The van der Waals surface area contributed by atoms with Crippen LogP contribution in [0.4, 0.5) is 0 Å². The Bertz CT molecular complexity index is 747. The van der Waals surface area contributed by atoms with Crippen LogP contribution in [0.25, 0.3) is 0 Å². The molecule has 6 nitrogen and oxygen atoms in total. The van der Waals surface area contributed by atoms with E-state index in [0.29, 0.717) is 17.0 Å². The van der Waals surface area contributed by atoms with Crippen LogP contribution in [0.2, 0.25) is 0 Å². The molecule has 2 aromatic rings. The van der Waals surface area contributed by atoms with E-state index in [1.54, 1.807) is 28.8 Å². The van der Waals surface area contributed by atoms with E-state index in [0.717, 1.165) is 18.6 Å². The first kappa shape index (κ1) is 17.9. The fourth-order valence-electron chi connectivity index (χ4n) is 1.88. The summed E-state index contributed by atoms with van der Waals surface area (Å²) in [7, 11) is 1.81. The molecule has 0 aliphatic heterocycles. The molecule has 1 aromatic heterocycles. The Labute approximate surface area is 144 Å². The third-order valence-corrected chi connectivity index (χ3v) is 4.11. The Balaban J connectivity index is 1.86. The van der Waals surface area contributed by atoms with Gasteiger partial charge in [0.15, 0.2) is 4.80 Å². The molecule has 0 aliphatic carbocycles. The number of benzene rings is 1. The number of carbonyl (C=O) groups excluding carboxylic acids is 2. The lowest BCUT2D eigenvalue weighted by Crippen LogP contribution is -2.29. The van der Waals surface area contributed by atoms with Crippen molar-refractivity contribution in [2.24, 2.45) is 12.0 Å². The Morgan fingerprint density at radius 1 is 1.29 bits per heavy atom. The molecule has 2 rings (SSSR count). The Morgan fingerprint density at radius 3 is 2.67 bits per heavy atom. The lowest BCUT2D eigenvalue weighted by molar-refractivity contribution is -0.117. The molecular formula is C17H21N3O3S. The van der Waals surface area contributed by atoms with Gasteiger partial charge >= 0.3 is 0 Å². The van der Waals surface area contributed by atoms with Crippen molar-refractivity contribution in [3.05, 3.63) is 46.2 Å². The molecule has 2 amide bonds. The van der Waals surface area contributed by atoms with Crippen LogP contribution in [0.3, 0.4) is 0 Å². The highest BCUT2D eigenvalue weighted by molar-refractivity contribution is 7.07. The average Bonchev–Trinajstić information content (AvgIpc) is 2.98. The van der Waals surface area contributed by atoms with Crippen LogP contribution in [0.15, 0.2) is 40.8 Å². The van der Waals surface area contributed by atoms with E-state index in [2.05, 4.69) is 17.2 Å². The second-order valence-electron chi connectivity index (χ2n) is 5.21. The number of unbranched alkanes of at least 4 members (excludes halogenated alkanes) is 1. The molecule has 1 N–H and O–H groups in total. The number of amides is 2. The second kappa shape index (κ2) is 9.02. The molecule has 128 valence electrons. The minimum Gasteiger partial charge on any atom is -0.494 e. The van der Waals surface area contributed by atoms with Gasteiger partial charge in [0.2, 0.25) is 0 Å². The van der Waals surface area contributed by atoms with E-state index < -0.39 is 0 Å². The zero-order valence-electron chi connectivity index (χ0n) is 13.8. The summed E-state index contributed by atoms with van der Waals surface area (Å²) in [6.07, 6.45) is 3.89. The number of hydrogen-bond donors (Lipinski definition) is 1. The summed E-state index contributed by atoms with van der Waals surface area (Å²) < 4.78 is 7.30. The van der Waals surface area contributed by atoms with Gasteiger partial charge in [-0.3, -0.25) is 9.59 Å². The molecule has 0 aliphatic rings. The molecule has 1 aromatic carbocycles. The van der Waals surface area contributed by atoms with E-state index in [1.807, 2.05) is 18.6 Å². The molecule has 0 atom stereocenters. The first-order valence-corrected chi connectivity index (χ1v) is 8.67. The molecule has 0 fully saturated rings. The number of ether oxygens (including phenoxy) is 1. The van der Waals surface area contributed by atoms with Gasteiger partial charge in [-0.1, -0.05) is 13.3 Å². The summed E-state index contributed by atoms with van der Waals surface area (Å²) in [5.74, 6) is 0.0337. The normalized spacial score (nSPS) is 11.3. The predicted octanol–water partition coefficient (Wildman–Crippen LogP) is 2.12. The SMILES string of the molecule is CCCCOc1ccc(C(=O)NCC(=O)N=c2sccn2C)cc1. The number of nitrogens with zero attached hydrogens (tertiary/aromatic N) is 2. The van der Waals surface area contributed by atoms with Crippen molar-refractivity contribution in [2.75, 3.05) is 13.2 Å². The van der Waals surface area contributed by atoms with Crippen LogP contribution in [0, 0.1) is 0 Å². The first-order chi connectivity index (χ1) is 11.6. The van der Waals surface area contributed by atoms with Gasteiger partial charge in [0.1, 0.15) is 5.75 Å². The molecule has 7 heteroatoms. The van der Waals surface area contributed by atoms with Gasteiger partial charge in [-0.05, 0) is 30.7 Å². The van der Waals surface area contributed by atoms with Crippen LogP contribution in [-0.4, -0.2) is 29.5 Å². The van der Waals surface area contributed by atoms with Crippen molar-refractivity contribution in [3.63, 3.8) is 0 Å². The number of rotatable bonds is 7. The molecular weight excluding hydrogens is 326 g/mol. The van der Waals surface area contributed by atoms with Crippen LogP contribution in [-0.2, 0) is 11.8 Å². The van der Waals surface area contributed by atoms with Crippen molar-refractivity contribution in [1.82, 2.24) is 9.88 Å². The number of aromatic nitrogens is 1. The standard InChI is InChI=1S/C17H21N3O3S/c1-3-4-10-23-14-7-5-13(6-8-14)16(22)18-12-15(21)19-17-20(2)9-11-24-17/h5-9,11H,3-4,10,12H2,1-2H3,(H,18,22). The number of aryl methyl sites for hydroxylation is 1. The summed E-state index contributed by atoms with van der Waals surface area (Å²) >= 11 is 1.37. The highest BCUT2D eigenvalue weighted by Gasteiger charge is 2.08. The quantitative estimate of drug-likeness (QED) is 0.780. The highest BCUT2D eigenvalue weighted by Crippen LogP contribution is 2.12. The topological polar surface area (TPSA) is 72.7 Å². The number of thiazole rings is 1. The zero-order chi connectivity index (χ0) is 17.4. The van der Waals surface area contributed by atoms with Crippen LogP contribution in [0.5, 0.6) is 5.75 Å². The van der Waals surface area contributed by atoms with Crippen molar-refractivity contribution in [2.45, 2.75) is 19.8 Å². The molecule has 0 unspecified atom stereocenters. The van der Waals surface area contributed by atoms with Crippen molar-refractivity contribution in [3.8, 4) is 5.75 Å². The van der Waals surface area contributed by atoms with Gasteiger partial charge in [0, 0.05) is 24.2 Å². The van der Waals surface area contributed by atoms with Crippen molar-refractivity contribution >= 4 is 23.2 Å². The lowest BCUT2D eigenvalue weighted by atomic mass is 10.2. The number of nitrogens with one attached hydrogen (secondary N) is 1. The molecule has 1 heterocycles. The average molecular weight is 347 g/mol. The van der Waals surface area contributed by atoms with Gasteiger partial charge in [0.25, 0.3) is 11.8 Å². The molecule has 0 radical (unpaired) electrons. The maximum absolute atomic E-state index is 12.0. The molecule has 0 bridgehead atoms. The van der Waals surface area contributed by atoms with E-state index in [4.69, 9.17) is 4.74 Å². The van der Waals surface area contributed by atoms with Gasteiger partial charge in [-0.2, -0.15) is 4.99 Å². The molecule has 0 saturated carbocycles. The second-order valence-corrected chi connectivity index (χ2v) is 6.08. The minimum absolute atomic E-state index is 0.133. The molecule has 0 saturated heterocycles. The van der Waals surface area contributed by atoms with Gasteiger partial charge < -0.3 is 14.6 Å². The Hall–Kier alpha value is -2.41. The number of hydrogen-bond acceptors (Lipinski definition) is 4. The highest BCUT2D eigenvalue weighted by atomic mass is 32.1. The summed E-state index contributed by atoms with van der Waals surface area (Å²) in [5, 5.41) is 4.42. The fraction of sp³-hybridized carbons (Fsp3) is 0.353.